The molecule has 0 aliphatic rings. The van der Waals surface area contributed by atoms with E-state index in [9.17, 15) is 4.79 Å². The third-order valence-corrected chi connectivity index (χ3v) is 2.53. The van der Waals surface area contributed by atoms with Crippen LogP contribution in [0.1, 0.15) is 28.2 Å². The molecule has 1 rings (SSSR count). The summed E-state index contributed by atoms with van der Waals surface area (Å²) in [4.78, 5) is 11.9. The fourth-order valence-electron chi connectivity index (χ4n) is 1.54. The molecule has 1 heterocycles. The Bertz CT molecular complexity index is 409. The van der Waals surface area contributed by atoms with Gasteiger partial charge >= 0.3 is 0 Å². The fraction of sp³-hybridized carbons (Fsp3) is 0.583. The number of aryl methyl sites for hydroxylation is 2. The molecule has 0 aromatic carbocycles. The van der Waals surface area contributed by atoms with E-state index in [-0.39, 0.29) is 11.9 Å². The summed E-state index contributed by atoms with van der Waals surface area (Å²) in [5, 5.41) is 10.6. The number of hydrogen-bond donors (Lipinski definition) is 2. The molecular formula is C12H20N4O2. The minimum atomic E-state index is -0.143. The first-order valence-electron chi connectivity index (χ1n) is 5.88. The third kappa shape index (κ3) is 4.38. The van der Waals surface area contributed by atoms with Gasteiger partial charge in [0.2, 0.25) is 0 Å². The number of hydrogen-bond acceptors (Lipinski definition) is 5. The highest BCUT2D eigenvalue weighted by atomic mass is 16.5. The number of nitrogens with two attached hydrogens (primary N) is 1. The Kier molecular flexibility index (Phi) is 5.67. The zero-order valence-corrected chi connectivity index (χ0v) is 11.1. The van der Waals surface area contributed by atoms with Gasteiger partial charge in [-0.15, -0.1) is 0 Å². The lowest BCUT2D eigenvalue weighted by Gasteiger charge is -2.11. The second-order valence-corrected chi connectivity index (χ2v) is 4.24. The number of carbonyl (C=O) groups excluding carboxylic acids is 1. The predicted molar refractivity (Wildman–Crippen MR) is 68.3 cm³/mol. The van der Waals surface area contributed by atoms with Crippen molar-refractivity contribution in [2.75, 3.05) is 20.3 Å². The van der Waals surface area contributed by atoms with Crippen molar-refractivity contribution < 1.29 is 9.53 Å². The maximum absolute atomic E-state index is 11.9. The maximum Gasteiger partial charge on any atom is 0.253 e. The molecule has 6 nitrogen and oxygen atoms in total. The molecule has 0 aliphatic heterocycles. The molecule has 100 valence electrons. The van der Waals surface area contributed by atoms with Crippen LogP contribution in [0.4, 0.5) is 0 Å². The van der Waals surface area contributed by atoms with E-state index in [1.807, 2.05) is 0 Å². The zero-order valence-electron chi connectivity index (χ0n) is 11.1. The Morgan fingerprint density at radius 3 is 2.89 bits per heavy atom. The van der Waals surface area contributed by atoms with E-state index in [0.29, 0.717) is 30.8 Å². The van der Waals surface area contributed by atoms with Crippen LogP contribution in [0.25, 0.3) is 0 Å². The molecule has 1 amide bonds. The number of aromatic nitrogens is 2. The topological polar surface area (TPSA) is 90.1 Å². The highest BCUT2D eigenvalue weighted by Crippen LogP contribution is 2.04. The van der Waals surface area contributed by atoms with Gasteiger partial charge in [-0.1, -0.05) is 0 Å². The Morgan fingerprint density at radius 1 is 1.50 bits per heavy atom. The molecule has 0 radical (unpaired) electrons. The zero-order chi connectivity index (χ0) is 13.5. The summed E-state index contributed by atoms with van der Waals surface area (Å²) in [6.45, 7) is 4.57. The molecule has 0 bridgehead atoms. The van der Waals surface area contributed by atoms with Gasteiger partial charge in [0.15, 0.2) is 0 Å². The highest BCUT2D eigenvalue weighted by molar-refractivity contribution is 5.95. The quantitative estimate of drug-likeness (QED) is 0.754. The second-order valence-electron chi connectivity index (χ2n) is 4.24. The van der Waals surface area contributed by atoms with Crippen LogP contribution in [0.15, 0.2) is 6.07 Å². The van der Waals surface area contributed by atoms with Crippen LogP contribution in [0.3, 0.4) is 0 Å². The van der Waals surface area contributed by atoms with Gasteiger partial charge in [-0.05, 0) is 26.3 Å². The lowest BCUT2D eigenvalue weighted by Crippen LogP contribution is -2.33. The minimum absolute atomic E-state index is 0.0614. The van der Waals surface area contributed by atoms with Crippen molar-refractivity contribution >= 4 is 5.91 Å². The maximum atomic E-state index is 11.9. The molecule has 0 aliphatic carbocycles. The second kappa shape index (κ2) is 7.03. The lowest BCUT2D eigenvalue weighted by atomic mass is 10.2. The monoisotopic (exact) mass is 252 g/mol. The lowest BCUT2D eigenvalue weighted by molar-refractivity contribution is 0.0948. The van der Waals surface area contributed by atoms with Gasteiger partial charge in [0.25, 0.3) is 5.91 Å². The summed E-state index contributed by atoms with van der Waals surface area (Å²) in [5.41, 5.74) is 7.67. The summed E-state index contributed by atoms with van der Waals surface area (Å²) < 4.78 is 4.92. The molecular weight excluding hydrogens is 232 g/mol. The van der Waals surface area contributed by atoms with Gasteiger partial charge in [-0.3, -0.25) is 4.79 Å². The van der Waals surface area contributed by atoms with Crippen LogP contribution < -0.4 is 11.1 Å². The van der Waals surface area contributed by atoms with Crippen LogP contribution in [-0.2, 0) is 4.74 Å². The first-order chi connectivity index (χ1) is 8.54. The molecule has 1 aromatic rings. The summed E-state index contributed by atoms with van der Waals surface area (Å²) in [5.74, 6) is -0.143. The van der Waals surface area contributed by atoms with Gasteiger partial charge < -0.3 is 15.8 Å². The minimum Gasteiger partial charge on any atom is -0.383 e. The van der Waals surface area contributed by atoms with E-state index in [2.05, 4.69) is 15.5 Å². The molecule has 1 unspecified atom stereocenters. The largest absolute Gasteiger partial charge is 0.383 e. The Balaban J connectivity index is 2.48. The number of carbonyl (C=O) groups is 1. The fourth-order valence-corrected chi connectivity index (χ4v) is 1.54. The standard InChI is InChI=1S/C12H20N4O2/c1-8-6-11(9(2)16-15-8)12(17)14-5-4-10(13)7-18-3/h6,10H,4-5,7,13H2,1-3H3,(H,14,17). The molecule has 1 atom stereocenters. The molecule has 3 N–H and O–H groups in total. The summed E-state index contributed by atoms with van der Waals surface area (Å²) in [7, 11) is 1.60. The van der Waals surface area contributed by atoms with E-state index in [4.69, 9.17) is 10.5 Å². The van der Waals surface area contributed by atoms with Crippen LogP contribution in [0.2, 0.25) is 0 Å². The van der Waals surface area contributed by atoms with Gasteiger partial charge in [0.05, 0.1) is 23.6 Å². The number of nitrogens with zero attached hydrogens (tertiary/aromatic N) is 2. The summed E-state index contributed by atoms with van der Waals surface area (Å²) >= 11 is 0. The molecule has 18 heavy (non-hydrogen) atoms. The van der Waals surface area contributed by atoms with E-state index < -0.39 is 0 Å². The van der Waals surface area contributed by atoms with Crippen molar-refractivity contribution in [3.63, 3.8) is 0 Å². The molecule has 0 saturated heterocycles. The highest BCUT2D eigenvalue weighted by Gasteiger charge is 2.11. The molecule has 0 fully saturated rings. The van der Waals surface area contributed by atoms with E-state index in [1.165, 1.54) is 0 Å². The Morgan fingerprint density at radius 2 is 2.22 bits per heavy atom. The van der Waals surface area contributed by atoms with Crippen molar-refractivity contribution in [1.29, 1.82) is 0 Å². The normalized spacial score (nSPS) is 12.2. The Labute approximate surface area is 107 Å². The first kappa shape index (κ1) is 14.5. The van der Waals surface area contributed by atoms with Gasteiger partial charge in [0, 0.05) is 19.7 Å². The number of methoxy groups -OCH3 is 1. The average molecular weight is 252 g/mol. The summed E-state index contributed by atoms with van der Waals surface area (Å²) in [6, 6.07) is 1.67. The van der Waals surface area contributed by atoms with Gasteiger partial charge in [-0.2, -0.15) is 10.2 Å². The first-order valence-corrected chi connectivity index (χ1v) is 5.88. The van der Waals surface area contributed by atoms with Crippen molar-refractivity contribution in [1.82, 2.24) is 15.5 Å². The van der Waals surface area contributed by atoms with Crippen LogP contribution in [-0.4, -0.2) is 42.4 Å². The number of amides is 1. The smallest absolute Gasteiger partial charge is 0.253 e. The molecule has 6 heteroatoms. The molecule has 0 saturated carbocycles. The SMILES string of the molecule is COCC(N)CCNC(=O)c1cc(C)nnc1C. The van der Waals surface area contributed by atoms with Crippen LogP contribution in [0, 0.1) is 13.8 Å². The van der Waals surface area contributed by atoms with Gasteiger partial charge in [0.1, 0.15) is 0 Å². The molecule has 1 aromatic heterocycles. The van der Waals surface area contributed by atoms with E-state index >= 15 is 0 Å². The average Bonchev–Trinajstić information content (AvgIpc) is 2.32. The Hall–Kier alpha value is -1.53. The summed E-state index contributed by atoms with van der Waals surface area (Å²) in [6.07, 6.45) is 0.677. The van der Waals surface area contributed by atoms with Gasteiger partial charge in [-0.25, -0.2) is 0 Å². The van der Waals surface area contributed by atoms with E-state index in [0.717, 1.165) is 5.69 Å². The van der Waals surface area contributed by atoms with Crippen molar-refractivity contribution in [3.8, 4) is 0 Å². The number of ether oxygens (including phenoxy) is 1. The van der Waals surface area contributed by atoms with Crippen molar-refractivity contribution in [2.24, 2.45) is 5.73 Å². The predicted octanol–water partition coefficient (Wildman–Crippen LogP) is 0.187. The van der Waals surface area contributed by atoms with Crippen molar-refractivity contribution in [3.05, 3.63) is 23.0 Å². The molecule has 0 spiro atoms. The van der Waals surface area contributed by atoms with Crippen LogP contribution in [0.5, 0.6) is 0 Å². The third-order valence-electron chi connectivity index (χ3n) is 2.53. The number of nitrogens with one attached hydrogen (secondary N) is 1. The van der Waals surface area contributed by atoms with Crippen LogP contribution >= 0.6 is 0 Å². The number of rotatable bonds is 6. The van der Waals surface area contributed by atoms with Crippen molar-refractivity contribution in [2.45, 2.75) is 26.3 Å². The van der Waals surface area contributed by atoms with E-state index in [1.54, 1.807) is 27.0 Å².